The zero-order valence-corrected chi connectivity index (χ0v) is 17.3. The van der Waals surface area contributed by atoms with Crippen LogP contribution in [0.1, 0.15) is 52.4 Å². The van der Waals surface area contributed by atoms with Gasteiger partial charge in [0.05, 0.1) is 45.4 Å². The second-order valence-electron chi connectivity index (χ2n) is 6.32. The Morgan fingerprint density at radius 2 is 1.31 bits per heavy atom. The molecule has 1 unspecified atom stereocenters. The minimum atomic E-state index is -3.85. The molecule has 158 valence electrons. The van der Waals surface area contributed by atoms with Crippen LogP contribution in [0.4, 0.5) is 0 Å². The van der Waals surface area contributed by atoms with Crippen molar-refractivity contribution in [2.75, 3.05) is 58.6 Å². The molecule has 0 radical (unpaired) electrons. The molecule has 0 aliphatic carbocycles. The molecule has 26 heavy (non-hydrogen) atoms. The monoisotopic (exact) mass is 398 g/mol. The van der Waals surface area contributed by atoms with Gasteiger partial charge in [-0.25, -0.2) is 0 Å². The zero-order valence-electron chi connectivity index (χ0n) is 16.5. The molecule has 1 N–H and O–H groups in total. The summed E-state index contributed by atoms with van der Waals surface area (Å²) in [7, 11) is -3.85. The minimum Gasteiger partial charge on any atom is -0.379 e. The van der Waals surface area contributed by atoms with Gasteiger partial charge in [0.15, 0.2) is 0 Å². The van der Waals surface area contributed by atoms with E-state index in [-0.39, 0.29) is 5.75 Å². The summed E-state index contributed by atoms with van der Waals surface area (Å²) in [6.45, 7) is 8.89. The average Bonchev–Trinajstić information content (AvgIpc) is 2.60. The van der Waals surface area contributed by atoms with Crippen molar-refractivity contribution in [3.8, 4) is 0 Å². The van der Waals surface area contributed by atoms with Gasteiger partial charge in [-0.1, -0.05) is 33.1 Å². The van der Waals surface area contributed by atoms with Crippen LogP contribution in [0.25, 0.3) is 0 Å². The van der Waals surface area contributed by atoms with Gasteiger partial charge in [-0.3, -0.25) is 4.55 Å². The van der Waals surface area contributed by atoms with E-state index in [1.54, 1.807) is 0 Å². The van der Waals surface area contributed by atoms with E-state index in [1.807, 2.05) is 0 Å². The van der Waals surface area contributed by atoms with Crippen LogP contribution in [0, 0.1) is 5.92 Å². The van der Waals surface area contributed by atoms with Crippen molar-refractivity contribution < 1.29 is 31.9 Å². The van der Waals surface area contributed by atoms with Crippen LogP contribution < -0.4 is 0 Å². The topological polar surface area (TPSA) is 91.3 Å². The first-order chi connectivity index (χ1) is 12.5. The van der Waals surface area contributed by atoms with Gasteiger partial charge in [0.25, 0.3) is 10.1 Å². The second-order valence-corrected chi connectivity index (χ2v) is 7.89. The fourth-order valence-corrected chi connectivity index (χ4v) is 2.87. The Morgan fingerprint density at radius 1 is 0.769 bits per heavy atom. The zero-order chi connectivity index (χ0) is 19.5. The van der Waals surface area contributed by atoms with E-state index >= 15 is 0 Å². The van der Waals surface area contributed by atoms with Gasteiger partial charge < -0.3 is 18.9 Å². The summed E-state index contributed by atoms with van der Waals surface area (Å²) in [5.41, 5.74) is 0. The molecule has 0 heterocycles. The van der Waals surface area contributed by atoms with Gasteiger partial charge in [-0.15, -0.1) is 0 Å². The highest BCUT2D eigenvalue weighted by Gasteiger charge is 2.05. The second kappa shape index (κ2) is 18.1. The summed E-state index contributed by atoms with van der Waals surface area (Å²) in [5, 5.41) is 0. The molecule has 7 nitrogen and oxygen atoms in total. The maximum atomic E-state index is 10.5. The molecule has 0 fully saturated rings. The summed E-state index contributed by atoms with van der Waals surface area (Å²) in [6, 6.07) is 0. The lowest BCUT2D eigenvalue weighted by molar-refractivity contribution is -0.00671. The van der Waals surface area contributed by atoms with Crippen molar-refractivity contribution in [2.24, 2.45) is 5.92 Å². The van der Waals surface area contributed by atoms with E-state index in [4.69, 9.17) is 23.5 Å². The van der Waals surface area contributed by atoms with Crippen molar-refractivity contribution >= 4 is 10.1 Å². The molecule has 0 spiro atoms. The van der Waals surface area contributed by atoms with Crippen LogP contribution in [0.2, 0.25) is 0 Å². The van der Waals surface area contributed by atoms with Gasteiger partial charge in [-0.2, -0.15) is 8.42 Å². The maximum Gasteiger partial charge on any atom is 0.264 e. The number of hydrogen-bond acceptors (Lipinski definition) is 6. The smallest absolute Gasteiger partial charge is 0.264 e. The van der Waals surface area contributed by atoms with Crippen LogP contribution in [0.3, 0.4) is 0 Å². The predicted molar refractivity (Wildman–Crippen MR) is 102 cm³/mol. The molecule has 0 saturated carbocycles. The Hall–Kier alpha value is -0.250. The van der Waals surface area contributed by atoms with Gasteiger partial charge in [-0.05, 0) is 25.2 Å². The Balaban J connectivity index is 3.20. The number of rotatable bonds is 20. The molecule has 0 aliphatic rings. The van der Waals surface area contributed by atoms with Crippen LogP contribution in [-0.2, 0) is 29.1 Å². The fourth-order valence-electron chi connectivity index (χ4n) is 2.30. The van der Waals surface area contributed by atoms with Crippen molar-refractivity contribution in [3.05, 3.63) is 0 Å². The lowest BCUT2D eigenvalue weighted by Gasteiger charge is -2.14. The molecule has 8 heteroatoms. The highest BCUT2D eigenvalue weighted by Crippen LogP contribution is 2.12. The minimum absolute atomic E-state index is 0.217. The lowest BCUT2D eigenvalue weighted by atomic mass is 10.0. The summed E-state index contributed by atoms with van der Waals surface area (Å²) in [4.78, 5) is 0. The first-order valence-corrected chi connectivity index (χ1v) is 11.4. The van der Waals surface area contributed by atoms with E-state index in [2.05, 4.69) is 13.8 Å². The predicted octanol–water partition coefficient (Wildman–Crippen LogP) is 2.94. The third-order valence-electron chi connectivity index (χ3n) is 3.95. The third-order valence-corrected chi connectivity index (χ3v) is 4.76. The molecule has 0 bridgehead atoms. The van der Waals surface area contributed by atoms with E-state index in [0.717, 1.165) is 13.0 Å². The standard InChI is InChI=1S/C18H38O7S/c1-3-5-8-18(4-2)17-25-15-14-24-13-12-23-11-10-22-9-6-7-16-26(19,20)21/h18H,3-17H2,1-2H3,(H,19,20,21). The molecule has 0 aromatic heterocycles. The maximum absolute atomic E-state index is 10.5. The summed E-state index contributed by atoms with van der Waals surface area (Å²) in [6.07, 6.45) is 5.90. The van der Waals surface area contributed by atoms with Gasteiger partial charge >= 0.3 is 0 Å². The van der Waals surface area contributed by atoms with Crippen molar-refractivity contribution in [3.63, 3.8) is 0 Å². The van der Waals surface area contributed by atoms with Gasteiger partial charge in [0, 0.05) is 13.2 Å². The average molecular weight is 399 g/mol. The van der Waals surface area contributed by atoms with Crippen molar-refractivity contribution in [1.82, 2.24) is 0 Å². The van der Waals surface area contributed by atoms with Crippen LogP contribution in [-0.4, -0.2) is 71.6 Å². The lowest BCUT2D eigenvalue weighted by Crippen LogP contribution is -2.14. The largest absolute Gasteiger partial charge is 0.379 e. The normalized spacial score (nSPS) is 13.2. The van der Waals surface area contributed by atoms with Gasteiger partial charge in [0.1, 0.15) is 0 Å². The molecule has 0 aromatic carbocycles. The molecule has 0 saturated heterocycles. The summed E-state index contributed by atoms with van der Waals surface area (Å²) in [5.74, 6) is 0.442. The first kappa shape index (κ1) is 25.8. The number of ether oxygens (including phenoxy) is 4. The van der Waals surface area contributed by atoms with Crippen molar-refractivity contribution in [1.29, 1.82) is 0 Å². The molecule has 1 atom stereocenters. The third kappa shape index (κ3) is 20.1. The van der Waals surface area contributed by atoms with Crippen LogP contribution in [0.5, 0.6) is 0 Å². The first-order valence-electron chi connectivity index (χ1n) is 9.75. The SMILES string of the molecule is CCCCC(CC)COCCOCCOCCOCCCCS(=O)(=O)O. The molecular formula is C18H38O7S. The van der Waals surface area contributed by atoms with E-state index < -0.39 is 10.1 Å². The summed E-state index contributed by atoms with van der Waals surface area (Å²) < 4.78 is 51.4. The van der Waals surface area contributed by atoms with Crippen molar-refractivity contribution in [2.45, 2.75) is 52.4 Å². The highest BCUT2D eigenvalue weighted by molar-refractivity contribution is 7.85. The molecule has 0 aliphatic heterocycles. The molecule has 0 aromatic rings. The molecule has 0 rings (SSSR count). The van der Waals surface area contributed by atoms with Gasteiger partial charge in [0.2, 0.25) is 0 Å². The Labute approximate surface area is 159 Å². The Kier molecular flexibility index (Phi) is 18.0. The number of hydrogen-bond donors (Lipinski definition) is 1. The van der Waals surface area contributed by atoms with Crippen LogP contribution >= 0.6 is 0 Å². The van der Waals surface area contributed by atoms with E-state index in [1.165, 1.54) is 19.3 Å². The molecule has 0 amide bonds. The van der Waals surface area contributed by atoms with E-state index in [9.17, 15) is 8.42 Å². The highest BCUT2D eigenvalue weighted by atomic mass is 32.2. The van der Waals surface area contributed by atoms with Crippen LogP contribution in [0.15, 0.2) is 0 Å². The van der Waals surface area contributed by atoms with E-state index in [0.29, 0.717) is 65.0 Å². The Bertz CT molecular complexity index is 387. The molecular weight excluding hydrogens is 360 g/mol. The summed E-state index contributed by atoms with van der Waals surface area (Å²) >= 11 is 0. The number of unbranched alkanes of at least 4 members (excludes halogenated alkanes) is 2. The fraction of sp³-hybridized carbons (Fsp3) is 1.00. The Morgan fingerprint density at radius 3 is 1.81 bits per heavy atom. The quantitative estimate of drug-likeness (QED) is 0.249.